The third-order valence-corrected chi connectivity index (χ3v) is 5.04. The average molecular weight is 349 g/mol. The fourth-order valence-electron chi connectivity index (χ4n) is 2.16. The largest absolute Gasteiger partial charge is 0.305 e. The number of nitrogens with zero attached hydrogens (tertiary/aromatic N) is 2. The Morgan fingerprint density at radius 1 is 1.25 bits per heavy atom. The molecule has 0 aliphatic carbocycles. The van der Waals surface area contributed by atoms with Crippen LogP contribution in [0.4, 0.5) is 0 Å². The van der Waals surface area contributed by atoms with Crippen molar-refractivity contribution in [2.45, 2.75) is 11.4 Å². The van der Waals surface area contributed by atoms with Crippen LogP contribution in [0.3, 0.4) is 0 Å². The molecule has 1 aromatic heterocycles. The van der Waals surface area contributed by atoms with Gasteiger partial charge in [0.15, 0.2) is 0 Å². The molecule has 0 atom stereocenters. The van der Waals surface area contributed by atoms with Crippen molar-refractivity contribution in [1.82, 2.24) is 14.4 Å². The molecule has 0 bridgehead atoms. The molecule has 0 fully saturated rings. The molecule has 1 amide bonds. The summed E-state index contributed by atoms with van der Waals surface area (Å²) in [6, 6.07) is 8.05. The smallest absolute Gasteiger partial charge is 0.274 e. The molecule has 0 aliphatic heterocycles. The molecule has 0 unspecified atom stereocenters. The van der Waals surface area contributed by atoms with Crippen LogP contribution in [0.5, 0.6) is 0 Å². The van der Waals surface area contributed by atoms with Crippen molar-refractivity contribution in [3.05, 3.63) is 60.4 Å². The SMILES string of the molecule is C=C(C(=O)NO)c1ccn(S(=O)(=O)c2ccc(CN(C)C)cc2)c1. The first-order valence-corrected chi connectivity index (χ1v) is 8.50. The summed E-state index contributed by atoms with van der Waals surface area (Å²) in [6.07, 6.45) is 2.61. The van der Waals surface area contributed by atoms with Crippen molar-refractivity contribution >= 4 is 21.5 Å². The van der Waals surface area contributed by atoms with Crippen molar-refractivity contribution in [2.24, 2.45) is 0 Å². The Hall–Kier alpha value is -2.42. The number of rotatable bonds is 6. The van der Waals surface area contributed by atoms with Crippen molar-refractivity contribution in [1.29, 1.82) is 0 Å². The summed E-state index contributed by atoms with van der Waals surface area (Å²) in [6.45, 7) is 4.23. The lowest BCUT2D eigenvalue weighted by atomic mass is 10.1. The van der Waals surface area contributed by atoms with Crippen LogP contribution in [0.1, 0.15) is 11.1 Å². The first kappa shape index (κ1) is 17.9. The summed E-state index contributed by atoms with van der Waals surface area (Å²) in [5.74, 6) is -0.793. The fourth-order valence-corrected chi connectivity index (χ4v) is 3.35. The van der Waals surface area contributed by atoms with E-state index >= 15 is 0 Å². The molecule has 0 aliphatic rings. The highest BCUT2D eigenvalue weighted by Crippen LogP contribution is 2.19. The molecule has 7 nitrogen and oxygen atoms in total. The second-order valence-corrected chi connectivity index (χ2v) is 7.38. The van der Waals surface area contributed by atoms with E-state index in [0.29, 0.717) is 12.1 Å². The van der Waals surface area contributed by atoms with E-state index in [4.69, 9.17) is 5.21 Å². The zero-order valence-electron chi connectivity index (χ0n) is 13.4. The Morgan fingerprint density at radius 3 is 2.42 bits per heavy atom. The molecule has 128 valence electrons. The summed E-state index contributed by atoms with van der Waals surface area (Å²) in [5.41, 5.74) is 2.73. The topological polar surface area (TPSA) is 91.6 Å². The number of carbonyl (C=O) groups excluding carboxylic acids is 1. The molecule has 2 N–H and O–H groups in total. The van der Waals surface area contributed by atoms with Crippen LogP contribution in [-0.2, 0) is 21.4 Å². The Labute approximate surface area is 140 Å². The van der Waals surface area contributed by atoms with Crippen LogP contribution in [0.2, 0.25) is 0 Å². The van der Waals surface area contributed by atoms with Gasteiger partial charge in [0.05, 0.1) is 4.90 Å². The minimum absolute atomic E-state index is 0.0345. The third-order valence-electron chi connectivity index (χ3n) is 3.39. The Bertz CT molecular complexity index is 852. The number of hydrogen-bond acceptors (Lipinski definition) is 5. The van der Waals surface area contributed by atoms with Gasteiger partial charge in [0.1, 0.15) is 0 Å². The molecule has 1 aromatic carbocycles. The summed E-state index contributed by atoms with van der Waals surface area (Å²) in [7, 11) is 0.102. The monoisotopic (exact) mass is 349 g/mol. The van der Waals surface area contributed by atoms with Crippen LogP contribution >= 0.6 is 0 Å². The molecule has 0 radical (unpaired) electrons. The maximum atomic E-state index is 12.6. The fraction of sp³-hybridized carbons (Fsp3) is 0.188. The van der Waals surface area contributed by atoms with Crippen molar-refractivity contribution in [2.75, 3.05) is 14.1 Å². The highest BCUT2D eigenvalue weighted by atomic mass is 32.2. The lowest BCUT2D eigenvalue weighted by Crippen LogP contribution is -2.19. The van der Waals surface area contributed by atoms with E-state index in [2.05, 4.69) is 6.58 Å². The van der Waals surface area contributed by atoms with Crippen molar-refractivity contribution < 1.29 is 18.4 Å². The summed E-state index contributed by atoms with van der Waals surface area (Å²) in [5, 5.41) is 8.61. The highest BCUT2D eigenvalue weighted by Gasteiger charge is 2.18. The number of carbonyl (C=O) groups is 1. The molecule has 2 aromatic rings. The molecule has 8 heteroatoms. The predicted octanol–water partition coefficient (Wildman–Crippen LogP) is 1.31. The van der Waals surface area contributed by atoms with Crippen LogP contribution < -0.4 is 5.48 Å². The second-order valence-electron chi connectivity index (χ2n) is 5.54. The molecule has 1 heterocycles. The van der Waals surface area contributed by atoms with Gasteiger partial charge in [0.25, 0.3) is 15.9 Å². The van der Waals surface area contributed by atoms with Crippen molar-refractivity contribution in [3.63, 3.8) is 0 Å². The van der Waals surface area contributed by atoms with Crippen molar-refractivity contribution in [3.8, 4) is 0 Å². The van der Waals surface area contributed by atoms with E-state index < -0.39 is 15.9 Å². The zero-order valence-corrected chi connectivity index (χ0v) is 14.2. The summed E-state index contributed by atoms with van der Waals surface area (Å²) in [4.78, 5) is 13.5. The van der Waals surface area contributed by atoms with Gasteiger partial charge in [-0.15, -0.1) is 0 Å². The van der Waals surface area contributed by atoms with Gasteiger partial charge in [-0.25, -0.2) is 17.9 Å². The van der Waals surface area contributed by atoms with Gasteiger partial charge in [-0.3, -0.25) is 10.0 Å². The predicted molar refractivity (Wildman–Crippen MR) is 89.8 cm³/mol. The normalized spacial score (nSPS) is 11.5. The Morgan fingerprint density at radius 2 is 1.88 bits per heavy atom. The van der Waals surface area contributed by atoms with Gasteiger partial charge in [-0.05, 0) is 37.9 Å². The quantitative estimate of drug-likeness (QED) is 0.466. The van der Waals surface area contributed by atoms with E-state index in [1.54, 1.807) is 24.3 Å². The van der Waals surface area contributed by atoms with Gasteiger partial charge in [0.2, 0.25) is 0 Å². The second kappa shape index (κ2) is 7.00. The van der Waals surface area contributed by atoms with Crippen LogP contribution in [-0.4, -0.2) is 42.5 Å². The zero-order chi connectivity index (χ0) is 17.9. The molecule has 24 heavy (non-hydrogen) atoms. The summed E-state index contributed by atoms with van der Waals surface area (Å²) >= 11 is 0. The first-order valence-electron chi connectivity index (χ1n) is 7.06. The van der Waals surface area contributed by atoms with Gasteiger partial charge in [0, 0.05) is 30.1 Å². The average Bonchev–Trinajstić information content (AvgIpc) is 3.04. The lowest BCUT2D eigenvalue weighted by Gasteiger charge is -2.10. The Balaban J connectivity index is 2.29. The number of aromatic nitrogens is 1. The molecule has 2 rings (SSSR count). The van der Waals surface area contributed by atoms with E-state index in [0.717, 1.165) is 9.54 Å². The molecule has 0 spiro atoms. The number of benzene rings is 1. The molecular formula is C16H19N3O4S. The molecule has 0 saturated heterocycles. The van der Waals surface area contributed by atoms with Crippen LogP contribution in [0.25, 0.3) is 5.57 Å². The first-order chi connectivity index (χ1) is 11.3. The lowest BCUT2D eigenvalue weighted by molar-refractivity contribution is -0.123. The maximum absolute atomic E-state index is 12.6. The van der Waals surface area contributed by atoms with Gasteiger partial charge in [-0.2, -0.15) is 0 Å². The minimum Gasteiger partial charge on any atom is -0.305 e. The van der Waals surface area contributed by atoms with E-state index in [-0.39, 0.29) is 10.5 Å². The van der Waals surface area contributed by atoms with Gasteiger partial charge >= 0.3 is 0 Å². The highest BCUT2D eigenvalue weighted by molar-refractivity contribution is 7.90. The number of hydrogen-bond donors (Lipinski definition) is 2. The van der Waals surface area contributed by atoms with Crippen LogP contribution in [0, 0.1) is 0 Å². The maximum Gasteiger partial charge on any atom is 0.274 e. The molecular weight excluding hydrogens is 330 g/mol. The molecule has 0 saturated carbocycles. The number of amides is 1. The van der Waals surface area contributed by atoms with E-state index in [1.807, 2.05) is 19.0 Å². The van der Waals surface area contributed by atoms with E-state index in [9.17, 15) is 13.2 Å². The van der Waals surface area contributed by atoms with Gasteiger partial charge in [-0.1, -0.05) is 18.7 Å². The number of hydroxylamine groups is 1. The third kappa shape index (κ3) is 3.73. The Kier molecular flexibility index (Phi) is 5.23. The van der Waals surface area contributed by atoms with E-state index in [1.165, 1.54) is 23.9 Å². The summed E-state index contributed by atoms with van der Waals surface area (Å²) < 4.78 is 26.2. The van der Waals surface area contributed by atoms with Crippen LogP contribution in [0.15, 0.2) is 54.2 Å². The standard InChI is InChI=1S/C16H19N3O4S/c1-12(16(20)17-21)14-8-9-19(11-14)24(22,23)15-6-4-13(5-7-15)10-18(2)3/h4-9,11,21H,1,10H2,2-3H3,(H,17,20). The number of nitrogens with one attached hydrogen (secondary N) is 1. The minimum atomic E-state index is -3.76. The van der Waals surface area contributed by atoms with Gasteiger partial charge < -0.3 is 4.90 Å².